The number of hydrogen-bond donors (Lipinski definition) is 0. The van der Waals surface area contributed by atoms with Gasteiger partial charge in [0, 0.05) is 0 Å². The van der Waals surface area contributed by atoms with Gasteiger partial charge < -0.3 is 4.74 Å². The third kappa shape index (κ3) is 4.69. The monoisotopic (exact) mass is 444 g/mol. The number of aryl methyl sites for hydroxylation is 1. The second kappa shape index (κ2) is 8.77. The Balaban J connectivity index is 1.61. The van der Waals surface area contributed by atoms with Crippen LogP contribution in [0.15, 0.2) is 60.7 Å². The fraction of sp³-hybridized carbons (Fsp3) is 0.231. The van der Waals surface area contributed by atoms with Gasteiger partial charge in [-0.15, -0.1) is 13.2 Å². The maximum absolute atomic E-state index is 15.3. The van der Waals surface area contributed by atoms with Crippen molar-refractivity contribution in [3.63, 3.8) is 0 Å². The average molecular weight is 444 g/mol. The minimum absolute atomic E-state index is 0.151. The van der Waals surface area contributed by atoms with Crippen LogP contribution in [0, 0.1) is 11.6 Å². The standard InChI is InChI=1S/C26H21F5O/c1-2-3-16-4-6-17(7-5-16)19-10-13-22-20(14-19)15-23(27)24(25(22)28)18-8-11-21(12-9-18)32-26(29,30)31/h4-12,15H,2-3,13-14H2,1H3. The van der Waals surface area contributed by atoms with Crippen LogP contribution in [0.2, 0.25) is 0 Å². The van der Waals surface area contributed by atoms with Crippen molar-refractivity contribution in [2.24, 2.45) is 0 Å². The summed E-state index contributed by atoms with van der Waals surface area (Å²) in [5.41, 5.74) is 4.18. The van der Waals surface area contributed by atoms with Gasteiger partial charge in [0.2, 0.25) is 0 Å². The van der Waals surface area contributed by atoms with Gasteiger partial charge in [0.1, 0.15) is 17.4 Å². The molecule has 0 heterocycles. The first-order valence-corrected chi connectivity index (χ1v) is 10.4. The summed E-state index contributed by atoms with van der Waals surface area (Å²) in [5, 5.41) is 0. The molecule has 0 unspecified atom stereocenters. The molecule has 0 atom stereocenters. The number of alkyl halides is 3. The van der Waals surface area contributed by atoms with Gasteiger partial charge in [-0.25, -0.2) is 8.78 Å². The molecule has 3 aromatic carbocycles. The first-order valence-electron chi connectivity index (χ1n) is 10.4. The summed E-state index contributed by atoms with van der Waals surface area (Å²) >= 11 is 0. The van der Waals surface area contributed by atoms with Gasteiger partial charge in [-0.05, 0) is 70.9 Å². The molecule has 0 fully saturated rings. The van der Waals surface area contributed by atoms with E-state index in [0.29, 0.717) is 24.0 Å². The van der Waals surface area contributed by atoms with Gasteiger partial charge in [0.05, 0.1) is 5.56 Å². The number of benzene rings is 3. The largest absolute Gasteiger partial charge is 0.573 e. The fourth-order valence-electron chi connectivity index (χ4n) is 4.07. The summed E-state index contributed by atoms with van der Waals surface area (Å²) in [7, 11) is 0. The molecular formula is C26H21F5O. The molecule has 0 saturated carbocycles. The van der Waals surface area contributed by atoms with Crippen molar-refractivity contribution in [3.8, 4) is 16.9 Å². The van der Waals surface area contributed by atoms with Crippen molar-refractivity contribution in [3.05, 3.63) is 94.6 Å². The number of rotatable bonds is 5. The number of fused-ring (bicyclic) bond motifs is 1. The van der Waals surface area contributed by atoms with E-state index in [-0.39, 0.29) is 11.1 Å². The van der Waals surface area contributed by atoms with Gasteiger partial charge in [0.15, 0.2) is 0 Å². The highest BCUT2D eigenvalue weighted by molar-refractivity contribution is 5.74. The second-order valence-corrected chi connectivity index (χ2v) is 7.81. The zero-order valence-corrected chi connectivity index (χ0v) is 17.4. The summed E-state index contributed by atoms with van der Waals surface area (Å²) in [6, 6.07) is 14.1. The van der Waals surface area contributed by atoms with Crippen LogP contribution in [0.1, 0.15) is 35.6 Å². The van der Waals surface area contributed by atoms with Gasteiger partial charge in [0.25, 0.3) is 0 Å². The summed E-state index contributed by atoms with van der Waals surface area (Å²) < 4.78 is 71.0. The maximum atomic E-state index is 15.3. The molecule has 0 radical (unpaired) electrons. The minimum Gasteiger partial charge on any atom is -0.406 e. The van der Waals surface area contributed by atoms with E-state index in [1.54, 1.807) is 0 Å². The minimum atomic E-state index is -4.83. The van der Waals surface area contributed by atoms with E-state index < -0.39 is 23.7 Å². The molecule has 1 nitrogen and oxygen atoms in total. The van der Waals surface area contributed by atoms with Crippen molar-refractivity contribution in [2.45, 2.75) is 39.0 Å². The third-order valence-electron chi connectivity index (χ3n) is 5.59. The molecule has 0 aliphatic heterocycles. The lowest BCUT2D eigenvalue weighted by Crippen LogP contribution is -2.17. The highest BCUT2D eigenvalue weighted by Gasteiger charge is 2.31. The zero-order chi connectivity index (χ0) is 22.9. The lowest BCUT2D eigenvalue weighted by molar-refractivity contribution is -0.274. The molecule has 0 amide bonds. The predicted molar refractivity (Wildman–Crippen MR) is 114 cm³/mol. The molecule has 1 aliphatic rings. The summed E-state index contributed by atoms with van der Waals surface area (Å²) in [6.45, 7) is 2.12. The van der Waals surface area contributed by atoms with Crippen LogP contribution in [-0.2, 0) is 19.3 Å². The molecule has 4 rings (SSSR count). The summed E-state index contributed by atoms with van der Waals surface area (Å²) in [6.07, 6.45) is -0.0872. The van der Waals surface area contributed by atoms with E-state index in [2.05, 4.69) is 23.8 Å². The predicted octanol–water partition coefficient (Wildman–Crippen LogP) is 7.67. The Morgan fingerprint density at radius 1 is 0.906 bits per heavy atom. The van der Waals surface area contributed by atoms with Gasteiger partial charge in [-0.2, -0.15) is 0 Å². The van der Waals surface area contributed by atoms with E-state index in [4.69, 9.17) is 0 Å². The van der Waals surface area contributed by atoms with E-state index in [1.165, 1.54) is 23.8 Å². The van der Waals surface area contributed by atoms with Gasteiger partial charge in [-0.3, -0.25) is 0 Å². The summed E-state index contributed by atoms with van der Waals surface area (Å²) in [4.78, 5) is 0. The normalized spacial score (nSPS) is 13.5. The van der Waals surface area contributed by atoms with Crippen LogP contribution in [0.4, 0.5) is 22.0 Å². The van der Waals surface area contributed by atoms with Crippen molar-refractivity contribution in [1.29, 1.82) is 0 Å². The molecule has 1 aliphatic carbocycles. The molecule has 6 heteroatoms. The molecule has 0 aromatic heterocycles. The van der Waals surface area contributed by atoms with Gasteiger partial charge >= 0.3 is 6.36 Å². The number of halogens is 5. The Morgan fingerprint density at radius 2 is 1.56 bits per heavy atom. The Kier molecular flexibility index (Phi) is 6.04. The van der Waals surface area contributed by atoms with E-state index in [1.807, 2.05) is 18.2 Å². The molecule has 0 spiro atoms. The third-order valence-corrected chi connectivity index (χ3v) is 5.59. The molecule has 3 aromatic rings. The molecule has 32 heavy (non-hydrogen) atoms. The van der Waals surface area contributed by atoms with Crippen molar-refractivity contribution >= 4 is 5.57 Å². The van der Waals surface area contributed by atoms with E-state index >= 15 is 4.39 Å². The number of ether oxygens (including phenoxy) is 1. The zero-order valence-electron chi connectivity index (χ0n) is 17.4. The lowest BCUT2D eigenvalue weighted by Gasteiger charge is -2.21. The lowest BCUT2D eigenvalue weighted by atomic mass is 9.85. The molecular weight excluding hydrogens is 423 g/mol. The van der Waals surface area contributed by atoms with Crippen LogP contribution >= 0.6 is 0 Å². The molecule has 0 bridgehead atoms. The second-order valence-electron chi connectivity index (χ2n) is 7.81. The highest BCUT2D eigenvalue weighted by atomic mass is 19.4. The smallest absolute Gasteiger partial charge is 0.406 e. The molecule has 0 N–H and O–H groups in total. The Morgan fingerprint density at radius 3 is 2.19 bits per heavy atom. The Bertz CT molecular complexity index is 1140. The van der Waals surface area contributed by atoms with E-state index in [0.717, 1.165) is 36.1 Å². The fourth-order valence-corrected chi connectivity index (χ4v) is 4.07. The van der Waals surface area contributed by atoms with Crippen LogP contribution in [0.5, 0.6) is 5.75 Å². The first kappa shape index (κ1) is 22.1. The van der Waals surface area contributed by atoms with Crippen LogP contribution < -0.4 is 4.74 Å². The van der Waals surface area contributed by atoms with Gasteiger partial charge in [-0.1, -0.05) is 55.8 Å². The molecule has 0 saturated heterocycles. The van der Waals surface area contributed by atoms with Crippen molar-refractivity contribution in [2.75, 3.05) is 0 Å². The Hall–Kier alpha value is -3.15. The summed E-state index contributed by atoms with van der Waals surface area (Å²) in [5.74, 6) is -1.87. The van der Waals surface area contributed by atoms with Crippen molar-refractivity contribution < 1.29 is 26.7 Å². The van der Waals surface area contributed by atoms with Crippen LogP contribution in [0.3, 0.4) is 0 Å². The van der Waals surface area contributed by atoms with Crippen LogP contribution in [-0.4, -0.2) is 6.36 Å². The van der Waals surface area contributed by atoms with Crippen molar-refractivity contribution in [1.82, 2.24) is 0 Å². The Labute approximate surface area is 183 Å². The first-order chi connectivity index (χ1) is 15.2. The topological polar surface area (TPSA) is 9.23 Å². The SMILES string of the molecule is CCCc1ccc(C2=CCc3c(cc(F)c(-c4ccc(OC(F)(F)F)cc4)c3F)C2)cc1. The highest BCUT2D eigenvalue weighted by Crippen LogP contribution is 2.36. The average Bonchev–Trinajstić information content (AvgIpc) is 2.74. The van der Waals surface area contributed by atoms with E-state index in [9.17, 15) is 17.6 Å². The quantitative estimate of drug-likeness (QED) is 0.367. The maximum Gasteiger partial charge on any atom is 0.573 e. The van der Waals surface area contributed by atoms with Crippen LogP contribution in [0.25, 0.3) is 16.7 Å². The number of hydrogen-bond acceptors (Lipinski definition) is 1. The molecule has 166 valence electrons. The number of allylic oxidation sites excluding steroid dienone is 2.